The summed E-state index contributed by atoms with van der Waals surface area (Å²) in [7, 11) is -1.40. The third-order valence-electron chi connectivity index (χ3n) is 6.67. The predicted molar refractivity (Wildman–Crippen MR) is 144 cm³/mol. The summed E-state index contributed by atoms with van der Waals surface area (Å²) in [6, 6.07) is 15.8. The highest BCUT2D eigenvalue weighted by atomic mass is 32.2. The molecule has 2 heterocycles. The Morgan fingerprint density at radius 1 is 1.14 bits per heavy atom. The number of sulfonamides is 1. The zero-order chi connectivity index (χ0) is 26.1. The third kappa shape index (κ3) is 7.31. The van der Waals surface area contributed by atoms with Gasteiger partial charge in [-0.15, -0.1) is 0 Å². The van der Waals surface area contributed by atoms with Crippen molar-refractivity contribution >= 4 is 15.9 Å². The molecule has 0 saturated carbocycles. The van der Waals surface area contributed by atoms with E-state index in [4.69, 9.17) is 4.74 Å². The van der Waals surface area contributed by atoms with Gasteiger partial charge in [0.25, 0.3) is 5.91 Å². The lowest BCUT2D eigenvalue weighted by Crippen LogP contribution is -2.44. The number of rotatable bonds is 10. The summed E-state index contributed by atoms with van der Waals surface area (Å²) >= 11 is 0. The second-order valence-corrected chi connectivity index (χ2v) is 11.2. The van der Waals surface area contributed by atoms with Crippen molar-refractivity contribution in [3.8, 4) is 5.75 Å². The van der Waals surface area contributed by atoms with E-state index < -0.39 is 16.1 Å². The van der Waals surface area contributed by atoms with Crippen molar-refractivity contribution in [2.45, 2.75) is 65.1 Å². The van der Waals surface area contributed by atoms with Gasteiger partial charge in [0, 0.05) is 26.6 Å². The third-order valence-corrected chi connectivity index (χ3v) is 8.20. The molecule has 4 rings (SSSR count). The van der Waals surface area contributed by atoms with Crippen molar-refractivity contribution in [1.82, 2.24) is 14.5 Å². The van der Waals surface area contributed by atoms with Crippen molar-refractivity contribution in [1.29, 1.82) is 0 Å². The average molecular weight is 516 g/mol. The van der Waals surface area contributed by atoms with Crippen LogP contribution < -0.4 is 9.46 Å². The minimum Gasteiger partial charge on any atom is -0.480 e. The largest absolute Gasteiger partial charge is 0.480 e. The van der Waals surface area contributed by atoms with Crippen LogP contribution in [0.3, 0.4) is 0 Å². The molecule has 2 unspecified atom stereocenters. The summed E-state index contributed by atoms with van der Waals surface area (Å²) in [4.78, 5) is 17.8. The van der Waals surface area contributed by atoms with Crippen LogP contribution in [0.5, 0.6) is 5.75 Å². The van der Waals surface area contributed by atoms with Crippen LogP contribution in [0.25, 0.3) is 0 Å². The van der Waals surface area contributed by atoms with E-state index in [0.717, 1.165) is 36.3 Å². The summed E-state index contributed by atoms with van der Waals surface area (Å²) in [6.07, 6.45) is 2.90. The lowest BCUT2D eigenvalue weighted by Gasteiger charge is -2.33. The number of ether oxygens (including phenoxy) is 1. The maximum atomic E-state index is 13.5. The number of nitrogens with one attached hydrogen (secondary N) is 1. The lowest BCUT2D eigenvalue weighted by molar-refractivity contribution is -0.139. The van der Waals surface area contributed by atoms with Crippen LogP contribution >= 0.6 is 0 Å². The van der Waals surface area contributed by atoms with Crippen LogP contribution in [0.2, 0.25) is 0 Å². The van der Waals surface area contributed by atoms with E-state index in [2.05, 4.69) is 21.8 Å². The Balaban J connectivity index is 0.00000176. The van der Waals surface area contributed by atoms with Crippen molar-refractivity contribution in [2.75, 3.05) is 32.4 Å². The van der Waals surface area contributed by atoms with E-state index in [9.17, 15) is 13.2 Å². The van der Waals surface area contributed by atoms with Crippen molar-refractivity contribution in [3.05, 3.63) is 65.2 Å². The number of amides is 1. The molecule has 1 N–H and O–H groups in total. The molecule has 2 aromatic rings. The van der Waals surface area contributed by atoms with Crippen molar-refractivity contribution in [3.63, 3.8) is 0 Å². The first kappa shape index (κ1) is 28.2. The van der Waals surface area contributed by atoms with Gasteiger partial charge < -0.3 is 14.5 Å². The molecular formula is C28H41N3O4S. The smallest absolute Gasteiger partial charge is 0.264 e. The van der Waals surface area contributed by atoms with Gasteiger partial charge in [0.1, 0.15) is 5.75 Å². The molecule has 0 aromatic heterocycles. The zero-order valence-electron chi connectivity index (χ0n) is 22.1. The SMILES string of the molecule is CC.CCCS(=O)(=O)NCc1ccc2c(c1)CC(C(=O)N(C)C(CN1CCCC1)c1ccccc1)O2. The highest BCUT2D eigenvalue weighted by molar-refractivity contribution is 7.89. The number of carbonyl (C=O) groups excluding carboxylic acids is 1. The standard InChI is InChI=1S/C26H35N3O4S.C2H6/c1-3-15-34(31,32)27-18-20-11-12-24-22(16-20)17-25(33-24)26(30)28(2)23(19-29-13-7-8-14-29)21-9-5-4-6-10-21;1-2/h4-6,9-12,16,23,25,27H,3,7-8,13-15,17-19H2,1-2H3;1-2H3. The lowest BCUT2D eigenvalue weighted by atomic mass is 10.0. The summed E-state index contributed by atoms with van der Waals surface area (Å²) in [5, 5.41) is 0. The van der Waals surface area contributed by atoms with E-state index in [1.54, 1.807) is 0 Å². The summed E-state index contributed by atoms with van der Waals surface area (Å²) in [6.45, 7) is 9.03. The van der Waals surface area contributed by atoms with Crippen LogP contribution in [0.15, 0.2) is 48.5 Å². The van der Waals surface area contributed by atoms with Crippen LogP contribution in [0.1, 0.15) is 62.8 Å². The molecule has 198 valence electrons. The molecule has 2 aliphatic rings. The van der Waals surface area contributed by atoms with Gasteiger partial charge in [0.05, 0.1) is 11.8 Å². The molecule has 1 fully saturated rings. The van der Waals surface area contributed by atoms with E-state index in [1.807, 2.05) is 69.1 Å². The highest BCUT2D eigenvalue weighted by Gasteiger charge is 2.35. The molecule has 0 radical (unpaired) electrons. The number of nitrogens with zero attached hydrogens (tertiary/aromatic N) is 2. The van der Waals surface area contributed by atoms with Crippen LogP contribution in [0, 0.1) is 0 Å². The fourth-order valence-electron chi connectivity index (χ4n) is 4.80. The molecular weight excluding hydrogens is 474 g/mol. The first-order valence-corrected chi connectivity index (χ1v) is 14.8. The molecule has 2 atom stereocenters. The maximum absolute atomic E-state index is 13.5. The quantitative estimate of drug-likeness (QED) is 0.515. The van der Waals surface area contributed by atoms with Gasteiger partial charge in [0.2, 0.25) is 10.0 Å². The van der Waals surface area contributed by atoms with Gasteiger partial charge in [0.15, 0.2) is 6.10 Å². The van der Waals surface area contributed by atoms with Crippen LogP contribution in [0.4, 0.5) is 0 Å². The second-order valence-electron chi connectivity index (χ2n) is 9.28. The molecule has 0 aliphatic carbocycles. The van der Waals surface area contributed by atoms with Gasteiger partial charge in [-0.1, -0.05) is 63.2 Å². The molecule has 36 heavy (non-hydrogen) atoms. The number of benzene rings is 2. The fourth-order valence-corrected chi connectivity index (χ4v) is 5.87. The monoisotopic (exact) mass is 515 g/mol. The molecule has 8 heteroatoms. The van der Waals surface area contributed by atoms with Gasteiger partial charge in [-0.05, 0) is 55.1 Å². The Kier molecular flexibility index (Phi) is 10.3. The van der Waals surface area contributed by atoms with Gasteiger partial charge in [-0.3, -0.25) is 4.79 Å². The zero-order valence-corrected chi connectivity index (χ0v) is 22.9. The Labute approximate surface area is 216 Å². The molecule has 1 saturated heterocycles. The average Bonchev–Trinajstić information content (AvgIpc) is 3.56. The predicted octanol–water partition coefficient (Wildman–Crippen LogP) is 4.14. The Morgan fingerprint density at radius 3 is 2.50 bits per heavy atom. The van der Waals surface area contributed by atoms with E-state index in [1.165, 1.54) is 12.8 Å². The first-order chi connectivity index (χ1) is 17.4. The Morgan fingerprint density at radius 2 is 1.83 bits per heavy atom. The van der Waals surface area contributed by atoms with E-state index in [0.29, 0.717) is 18.6 Å². The van der Waals surface area contributed by atoms with E-state index >= 15 is 0 Å². The highest BCUT2D eigenvalue weighted by Crippen LogP contribution is 2.32. The van der Waals surface area contributed by atoms with Gasteiger partial charge in [-0.25, -0.2) is 13.1 Å². The maximum Gasteiger partial charge on any atom is 0.264 e. The summed E-state index contributed by atoms with van der Waals surface area (Å²) in [5.41, 5.74) is 2.93. The first-order valence-electron chi connectivity index (χ1n) is 13.2. The fraction of sp³-hybridized carbons (Fsp3) is 0.536. The minimum absolute atomic E-state index is 0.0329. The number of carbonyl (C=O) groups is 1. The molecule has 2 aromatic carbocycles. The minimum atomic E-state index is -3.27. The molecule has 2 aliphatic heterocycles. The second kappa shape index (κ2) is 13.2. The number of likely N-dealkylation sites (N-methyl/N-ethyl adjacent to an activating group) is 1. The molecule has 7 nitrogen and oxygen atoms in total. The molecule has 0 bridgehead atoms. The molecule has 0 spiro atoms. The number of hydrogen-bond donors (Lipinski definition) is 1. The molecule has 1 amide bonds. The number of hydrogen-bond acceptors (Lipinski definition) is 5. The Hall–Kier alpha value is -2.42. The summed E-state index contributed by atoms with van der Waals surface area (Å²) < 4.78 is 32.6. The normalized spacial score (nSPS) is 18.1. The number of likely N-dealkylation sites (tertiary alicyclic amines) is 1. The van der Waals surface area contributed by atoms with E-state index in [-0.39, 0.29) is 24.2 Å². The van der Waals surface area contributed by atoms with Gasteiger partial charge >= 0.3 is 0 Å². The van der Waals surface area contributed by atoms with Gasteiger partial charge in [-0.2, -0.15) is 0 Å². The number of fused-ring (bicyclic) bond motifs is 1. The topological polar surface area (TPSA) is 79.0 Å². The van der Waals surface area contributed by atoms with Crippen LogP contribution in [-0.2, 0) is 27.8 Å². The van der Waals surface area contributed by atoms with Crippen LogP contribution in [-0.4, -0.2) is 62.7 Å². The summed E-state index contributed by atoms with van der Waals surface area (Å²) in [5.74, 6) is 0.779. The van der Waals surface area contributed by atoms with Crippen molar-refractivity contribution < 1.29 is 17.9 Å². The van der Waals surface area contributed by atoms with Crippen molar-refractivity contribution in [2.24, 2.45) is 0 Å². The Bertz CT molecular complexity index is 1090.